The van der Waals surface area contributed by atoms with Gasteiger partial charge in [0.15, 0.2) is 0 Å². The van der Waals surface area contributed by atoms with Crippen molar-refractivity contribution in [3.8, 4) is 0 Å². The number of carbonyl (C=O) groups is 1. The van der Waals surface area contributed by atoms with Crippen molar-refractivity contribution in [2.45, 2.75) is 51.1 Å². The van der Waals surface area contributed by atoms with E-state index < -0.39 is 0 Å². The van der Waals surface area contributed by atoms with Crippen LogP contribution in [0.3, 0.4) is 0 Å². The van der Waals surface area contributed by atoms with Crippen LogP contribution in [0.1, 0.15) is 38.2 Å². The largest absolute Gasteiger partial charge is 0.396 e. The molecule has 0 radical (unpaired) electrons. The molecule has 0 bridgehead atoms. The number of rotatable bonds is 5. The number of aliphatic hydroxyl groups excluding tert-OH is 1. The highest BCUT2D eigenvalue weighted by Gasteiger charge is 2.26. The number of nitrogens with one attached hydrogen (secondary N) is 2. The summed E-state index contributed by atoms with van der Waals surface area (Å²) in [5, 5.41) is 19.5. The maximum atomic E-state index is 12.0. The highest BCUT2D eigenvalue weighted by atomic mass is 32.1. The first-order valence-corrected chi connectivity index (χ1v) is 8.32. The van der Waals surface area contributed by atoms with Gasteiger partial charge in [-0.15, -0.1) is 0 Å². The molecule has 4 nitrogen and oxygen atoms in total. The molecule has 3 atom stereocenters. The zero-order valence-electron chi connectivity index (χ0n) is 12.0. The van der Waals surface area contributed by atoms with E-state index in [4.69, 9.17) is 0 Å². The highest BCUT2D eigenvalue weighted by Crippen LogP contribution is 2.23. The Hall–Kier alpha value is -1.07. The average molecular weight is 296 g/mol. The Bertz CT molecular complexity index is 408. The standard InChI is InChI=1S/C15H24N2O2S/c1-11(8-12-6-7-20-10-12)16-15(19)17-14-5-3-2-4-13(14)9-18/h6-7,10-11,13-14,18H,2-5,8-9H2,1H3,(H2,16,17,19)/t11-,13+,14-/m1/s1. The maximum Gasteiger partial charge on any atom is 0.315 e. The minimum absolute atomic E-state index is 0.112. The summed E-state index contributed by atoms with van der Waals surface area (Å²) >= 11 is 1.68. The molecule has 1 saturated carbocycles. The first kappa shape index (κ1) is 15.3. The van der Waals surface area contributed by atoms with Gasteiger partial charge in [-0.05, 0) is 48.6 Å². The number of hydrogen-bond acceptors (Lipinski definition) is 3. The Balaban J connectivity index is 1.76. The lowest BCUT2D eigenvalue weighted by Gasteiger charge is -2.31. The van der Waals surface area contributed by atoms with Crippen molar-refractivity contribution < 1.29 is 9.90 Å². The summed E-state index contributed by atoms with van der Waals surface area (Å²) in [5.74, 6) is 0.210. The maximum absolute atomic E-state index is 12.0. The van der Waals surface area contributed by atoms with Gasteiger partial charge in [0.2, 0.25) is 0 Å². The molecule has 1 aliphatic carbocycles. The molecule has 0 saturated heterocycles. The summed E-state index contributed by atoms with van der Waals surface area (Å²) in [4.78, 5) is 12.0. The molecule has 2 amide bonds. The Morgan fingerprint density at radius 3 is 3.00 bits per heavy atom. The normalized spacial score (nSPS) is 24.1. The van der Waals surface area contributed by atoms with Crippen molar-refractivity contribution in [1.29, 1.82) is 0 Å². The molecule has 0 spiro atoms. The second-order valence-corrected chi connectivity index (χ2v) is 6.47. The van der Waals surface area contributed by atoms with E-state index in [1.807, 2.05) is 6.92 Å². The third-order valence-corrected chi connectivity index (χ3v) is 4.69. The van der Waals surface area contributed by atoms with E-state index in [0.717, 1.165) is 32.1 Å². The van der Waals surface area contributed by atoms with Crippen molar-refractivity contribution >= 4 is 17.4 Å². The van der Waals surface area contributed by atoms with E-state index in [-0.39, 0.29) is 30.6 Å². The van der Waals surface area contributed by atoms with Crippen molar-refractivity contribution in [3.63, 3.8) is 0 Å². The number of carbonyl (C=O) groups excluding carboxylic acids is 1. The molecule has 112 valence electrons. The Morgan fingerprint density at radius 1 is 1.50 bits per heavy atom. The molecule has 1 aliphatic rings. The van der Waals surface area contributed by atoms with Crippen LogP contribution in [0.4, 0.5) is 4.79 Å². The molecule has 2 rings (SSSR count). The van der Waals surface area contributed by atoms with Gasteiger partial charge in [-0.25, -0.2) is 4.79 Å². The summed E-state index contributed by atoms with van der Waals surface area (Å²) in [6.45, 7) is 2.18. The van der Waals surface area contributed by atoms with E-state index in [9.17, 15) is 9.90 Å². The van der Waals surface area contributed by atoms with Crippen LogP contribution in [0.15, 0.2) is 16.8 Å². The average Bonchev–Trinajstić information content (AvgIpc) is 2.91. The lowest BCUT2D eigenvalue weighted by molar-refractivity contribution is 0.153. The summed E-state index contributed by atoms with van der Waals surface area (Å²) in [5.41, 5.74) is 1.26. The molecule has 0 unspecified atom stereocenters. The van der Waals surface area contributed by atoms with Crippen LogP contribution in [-0.4, -0.2) is 29.8 Å². The van der Waals surface area contributed by atoms with Crippen LogP contribution < -0.4 is 10.6 Å². The molecule has 1 fully saturated rings. The van der Waals surface area contributed by atoms with Crippen LogP contribution >= 0.6 is 11.3 Å². The zero-order chi connectivity index (χ0) is 14.4. The zero-order valence-corrected chi connectivity index (χ0v) is 12.8. The van der Waals surface area contributed by atoms with Crippen LogP contribution in [0, 0.1) is 5.92 Å². The van der Waals surface area contributed by atoms with Gasteiger partial charge in [-0.2, -0.15) is 11.3 Å². The number of hydrogen-bond donors (Lipinski definition) is 3. The Labute approximate surface area is 124 Å². The number of urea groups is 1. The SMILES string of the molecule is C[C@H](Cc1ccsc1)NC(=O)N[C@@H]1CCCC[C@H]1CO. The highest BCUT2D eigenvalue weighted by molar-refractivity contribution is 7.07. The summed E-state index contributed by atoms with van der Waals surface area (Å²) in [6, 6.07) is 2.20. The predicted octanol–water partition coefficient (Wildman–Crippen LogP) is 2.53. The van der Waals surface area contributed by atoms with Gasteiger partial charge in [0.1, 0.15) is 0 Å². The molecule has 5 heteroatoms. The fraction of sp³-hybridized carbons (Fsp3) is 0.667. The molecule has 3 N–H and O–H groups in total. The van der Waals surface area contributed by atoms with Crippen LogP contribution in [-0.2, 0) is 6.42 Å². The summed E-state index contributed by atoms with van der Waals surface area (Å²) in [6.07, 6.45) is 5.11. The molecule has 20 heavy (non-hydrogen) atoms. The van der Waals surface area contributed by atoms with Gasteiger partial charge in [0.05, 0.1) is 0 Å². The Kier molecular flexibility index (Phi) is 5.86. The quantitative estimate of drug-likeness (QED) is 0.782. The van der Waals surface area contributed by atoms with E-state index in [0.29, 0.717) is 0 Å². The van der Waals surface area contributed by atoms with E-state index in [1.54, 1.807) is 11.3 Å². The van der Waals surface area contributed by atoms with Gasteiger partial charge in [0.25, 0.3) is 0 Å². The smallest absolute Gasteiger partial charge is 0.315 e. The number of amides is 2. The molecular weight excluding hydrogens is 272 g/mol. The molecule has 1 heterocycles. The molecule has 0 aromatic carbocycles. The second-order valence-electron chi connectivity index (χ2n) is 5.69. The summed E-state index contributed by atoms with van der Waals surface area (Å²) in [7, 11) is 0. The second kappa shape index (κ2) is 7.64. The summed E-state index contributed by atoms with van der Waals surface area (Å²) < 4.78 is 0. The fourth-order valence-corrected chi connectivity index (χ4v) is 3.54. The van der Waals surface area contributed by atoms with E-state index in [2.05, 4.69) is 27.5 Å². The molecular formula is C15H24N2O2S. The van der Waals surface area contributed by atoms with Crippen molar-refractivity contribution in [2.24, 2.45) is 5.92 Å². The van der Waals surface area contributed by atoms with E-state index >= 15 is 0 Å². The predicted molar refractivity (Wildman–Crippen MR) is 82.0 cm³/mol. The number of thiophene rings is 1. The minimum Gasteiger partial charge on any atom is -0.396 e. The lowest BCUT2D eigenvalue weighted by Crippen LogP contribution is -2.50. The Morgan fingerprint density at radius 2 is 2.30 bits per heavy atom. The first-order chi connectivity index (χ1) is 9.69. The van der Waals surface area contributed by atoms with Crippen LogP contribution in [0.25, 0.3) is 0 Å². The molecule has 0 aliphatic heterocycles. The minimum atomic E-state index is -0.113. The molecule has 1 aromatic rings. The van der Waals surface area contributed by atoms with Gasteiger partial charge in [-0.1, -0.05) is 12.8 Å². The van der Waals surface area contributed by atoms with Gasteiger partial charge in [0, 0.05) is 24.6 Å². The van der Waals surface area contributed by atoms with Gasteiger partial charge < -0.3 is 15.7 Å². The molecule has 1 aromatic heterocycles. The lowest BCUT2D eigenvalue weighted by atomic mass is 9.85. The third kappa shape index (κ3) is 4.49. The fourth-order valence-electron chi connectivity index (χ4n) is 2.86. The van der Waals surface area contributed by atoms with Crippen LogP contribution in [0.2, 0.25) is 0 Å². The van der Waals surface area contributed by atoms with Crippen LogP contribution in [0.5, 0.6) is 0 Å². The topological polar surface area (TPSA) is 61.4 Å². The van der Waals surface area contributed by atoms with Gasteiger partial charge in [-0.3, -0.25) is 0 Å². The van der Waals surface area contributed by atoms with Crippen molar-refractivity contribution in [2.75, 3.05) is 6.61 Å². The monoisotopic (exact) mass is 296 g/mol. The van der Waals surface area contributed by atoms with Crippen molar-refractivity contribution in [1.82, 2.24) is 10.6 Å². The third-order valence-electron chi connectivity index (χ3n) is 3.96. The van der Waals surface area contributed by atoms with E-state index in [1.165, 1.54) is 5.56 Å². The number of aliphatic hydroxyl groups is 1. The van der Waals surface area contributed by atoms with Gasteiger partial charge >= 0.3 is 6.03 Å². The van der Waals surface area contributed by atoms with Crippen molar-refractivity contribution in [3.05, 3.63) is 22.4 Å². The first-order valence-electron chi connectivity index (χ1n) is 7.38.